The van der Waals surface area contributed by atoms with E-state index in [-0.39, 0.29) is 0 Å². The Balaban J connectivity index is 1.52. The van der Waals surface area contributed by atoms with Gasteiger partial charge in [0.2, 0.25) is 0 Å². The van der Waals surface area contributed by atoms with Crippen LogP contribution in [0.15, 0.2) is 42.7 Å². The van der Waals surface area contributed by atoms with Gasteiger partial charge in [0.05, 0.1) is 0 Å². The molecule has 24 heavy (non-hydrogen) atoms. The Labute approximate surface area is 149 Å². The van der Waals surface area contributed by atoms with E-state index in [4.69, 9.17) is 11.6 Å². The summed E-state index contributed by atoms with van der Waals surface area (Å²) < 4.78 is 0. The molecule has 2 aliphatic carbocycles. The Morgan fingerprint density at radius 3 is 2.58 bits per heavy atom. The second-order valence-electron chi connectivity index (χ2n) is 7.40. The zero-order valence-electron chi connectivity index (χ0n) is 14.2. The fourth-order valence-corrected chi connectivity index (χ4v) is 4.94. The quantitative estimate of drug-likeness (QED) is 0.837. The van der Waals surface area contributed by atoms with E-state index in [9.17, 15) is 0 Å². The van der Waals surface area contributed by atoms with Crippen LogP contribution in [0.25, 0.3) is 0 Å². The number of nitrogens with zero attached hydrogens (tertiary/aromatic N) is 1. The molecule has 2 aromatic rings. The van der Waals surface area contributed by atoms with Gasteiger partial charge in [-0.1, -0.05) is 36.6 Å². The highest BCUT2D eigenvalue weighted by molar-refractivity contribution is 6.30. The van der Waals surface area contributed by atoms with E-state index in [0.717, 1.165) is 23.4 Å². The van der Waals surface area contributed by atoms with Gasteiger partial charge in [-0.25, -0.2) is 0 Å². The molecule has 1 aromatic carbocycles. The summed E-state index contributed by atoms with van der Waals surface area (Å²) in [5, 5.41) is 4.71. The number of pyridine rings is 1. The summed E-state index contributed by atoms with van der Waals surface area (Å²) in [5.41, 5.74) is 4.08. The third-order valence-corrected chi connectivity index (χ3v) is 6.36. The van der Waals surface area contributed by atoms with Gasteiger partial charge < -0.3 is 5.32 Å². The second-order valence-corrected chi connectivity index (χ2v) is 7.83. The van der Waals surface area contributed by atoms with Crippen LogP contribution in [0, 0.1) is 18.8 Å². The van der Waals surface area contributed by atoms with E-state index < -0.39 is 0 Å². The third kappa shape index (κ3) is 2.98. The zero-order chi connectivity index (χ0) is 16.5. The molecule has 0 aliphatic heterocycles. The molecule has 1 N–H and O–H groups in total. The van der Waals surface area contributed by atoms with Gasteiger partial charge in [-0.05, 0) is 66.5 Å². The van der Waals surface area contributed by atoms with Crippen LogP contribution < -0.4 is 5.32 Å². The van der Waals surface area contributed by atoms with Gasteiger partial charge in [0, 0.05) is 35.9 Å². The largest absolute Gasteiger partial charge is 0.309 e. The predicted octanol–water partition coefficient (Wildman–Crippen LogP) is 5.11. The summed E-state index contributed by atoms with van der Waals surface area (Å²) in [6, 6.07) is 11.3. The number of hydrogen-bond acceptors (Lipinski definition) is 2. The van der Waals surface area contributed by atoms with Gasteiger partial charge in [-0.3, -0.25) is 4.98 Å². The number of aryl methyl sites for hydroxylation is 1. The maximum atomic E-state index is 6.09. The molecule has 0 spiro atoms. The van der Waals surface area contributed by atoms with Crippen LogP contribution in [-0.4, -0.2) is 11.0 Å². The molecular formula is C21H25ClN2. The molecule has 4 atom stereocenters. The molecule has 126 valence electrons. The van der Waals surface area contributed by atoms with Crippen molar-refractivity contribution in [1.82, 2.24) is 10.3 Å². The highest BCUT2D eigenvalue weighted by atomic mass is 35.5. The number of halogens is 1. The van der Waals surface area contributed by atoms with Crippen LogP contribution in [0.4, 0.5) is 0 Å². The fourth-order valence-electron chi connectivity index (χ4n) is 4.81. The molecule has 0 amide bonds. The van der Waals surface area contributed by atoms with Gasteiger partial charge in [0.15, 0.2) is 0 Å². The van der Waals surface area contributed by atoms with Crippen molar-refractivity contribution >= 4 is 11.6 Å². The standard InChI is InChI=1S/C21H25ClN2/c1-14-12-23-11-10-16(14)13-24-21-19-5-3-2-4-18(19)20(21)15-6-8-17(22)9-7-15/h6-12,18-21,24H,2-5,13H2,1H3/t18-,19-,20-,21-/m1/s1. The first kappa shape index (κ1) is 16.1. The Hall–Kier alpha value is -1.38. The highest BCUT2D eigenvalue weighted by Crippen LogP contribution is 2.54. The fraction of sp³-hybridized carbons (Fsp3) is 0.476. The molecule has 2 saturated carbocycles. The van der Waals surface area contributed by atoms with Crippen molar-refractivity contribution < 1.29 is 0 Å². The van der Waals surface area contributed by atoms with Crippen LogP contribution in [0.1, 0.15) is 48.3 Å². The van der Waals surface area contributed by atoms with Crippen molar-refractivity contribution in [3.63, 3.8) is 0 Å². The number of rotatable bonds is 4. The van der Waals surface area contributed by atoms with Crippen molar-refractivity contribution in [3.05, 3.63) is 64.4 Å². The molecule has 1 heterocycles. The van der Waals surface area contributed by atoms with E-state index in [2.05, 4.69) is 35.4 Å². The molecule has 0 unspecified atom stereocenters. The van der Waals surface area contributed by atoms with E-state index in [1.54, 1.807) is 0 Å². The van der Waals surface area contributed by atoms with Crippen molar-refractivity contribution in [2.75, 3.05) is 0 Å². The number of nitrogens with one attached hydrogen (secondary N) is 1. The second kappa shape index (κ2) is 6.85. The Bertz CT molecular complexity index is 697. The van der Waals surface area contributed by atoms with Gasteiger partial charge in [0.1, 0.15) is 0 Å². The lowest BCUT2D eigenvalue weighted by atomic mass is 9.53. The monoisotopic (exact) mass is 340 g/mol. The van der Waals surface area contributed by atoms with E-state index in [1.807, 2.05) is 24.5 Å². The maximum absolute atomic E-state index is 6.09. The SMILES string of the molecule is Cc1cnccc1CN[C@@H]1[C@@H]2CCCC[C@H]2[C@H]1c1ccc(Cl)cc1. The lowest BCUT2D eigenvalue weighted by Crippen LogP contribution is -2.57. The first-order valence-corrected chi connectivity index (χ1v) is 9.50. The lowest BCUT2D eigenvalue weighted by molar-refractivity contribution is 0.0254. The summed E-state index contributed by atoms with van der Waals surface area (Å²) >= 11 is 6.09. The molecule has 3 heteroatoms. The third-order valence-electron chi connectivity index (χ3n) is 6.10. The van der Waals surface area contributed by atoms with E-state index >= 15 is 0 Å². The van der Waals surface area contributed by atoms with Crippen LogP contribution in [0.5, 0.6) is 0 Å². The molecule has 0 radical (unpaired) electrons. The maximum Gasteiger partial charge on any atom is 0.0406 e. The minimum atomic E-state index is 0.587. The van der Waals surface area contributed by atoms with Gasteiger partial charge in [-0.2, -0.15) is 0 Å². The average Bonchev–Trinajstić information content (AvgIpc) is 2.59. The summed E-state index contributed by atoms with van der Waals surface area (Å²) in [6.45, 7) is 3.08. The lowest BCUT2D eigenvalue weighted by Gasteiger charge is -2.55. The first-order valence-electron chi connectivity index (χ1n) is 9.12. The Kier molecular flexibility index (Phi) is 4.60. The van der Waals surface area contributed by atoms with Crippen molar-refractivity contribution in [2.45, 2.75) is 51.1 Å². The van der Waals surface area contributed by atoms with Gasteiger partial charge >= 0.3 is 0 Å². The summed E-state index contributed by atoms with van der Waals surface area (Å²) in [6.07, 6.45) is 9.39. The molecule has 4 rings (SSSR count). The van der Waals surface area contributed by atoms with Crippen LogP contribution >= 0.6 is 11.6 Å². The van der Waals surface area contributed by atoms with Gasteiger partial charge in [-0.15, -0.1) is 0 Å². The highest BCUT2D eigenvalue weighted by Gasteiger charge is 2.50. The summed E-state index contributed by atoms with van der Waals surface area (Å²) in [4.78, 5) is 4.20. The van der Waals surface area contributed by atoms with Crippen LogP contribution in [0.3, 0.4) is 0 Å². The Morgan fingerprint density at radius 2 is 1.83 bits per heavy atom. The molecule has 1 aromatic heterocycles. The molecule has 2 fully saturated rings. The molecule has 0 saturated heterocycles. The molecular weight excluding hydrogens is 316 g/mol. The smallest absolute Gasteiger partial charge is 0.0406 e. The topological polar surface area (TPSA) is 24.9 Å². The average molecular weight is 341 g/mol. The number of benzene rings is 1. The van der Waals surface area contributed by atoms with Crippen molar-refractivity contribution in [3.8, 4) is 0 Å². The van der Waals surface area contributed by atoms with Crippen molar-refractivity contribution in [2.24, 2.45) is 11.8 Å². The van der Waals surface area contributed by atoms with Crippen molar-refractivity contribution in [1.29, 1.82) is 0 Å². The minimum Gasteiger partial charge on any atom is -0.309 e. The van der Waals surface area contributed by atoms with E-state index in [1.165, 1.54) is 42.4 Å². The van der Waals surface area contributed by atoms with Crippen LogP contribution in [-0.2, 0) is 6.54 Å². The van der Waals surface area contributed by atoms with Gasteiger partial charge in [0.25, 0.3) is 0 Å². The number of hydrogen-bond donors (Lipinski definition) is 1. The number of aromatic nitrogens is 1. The molecule has 0 bridgehead atoms. The predicted molar refractivity (Wildman–Crippen MR) is 99.2 cm³/mol. The minimum absolute atomic E-state index is 0.587. The zero-order valence-corrected chi connectivity index (χ0v) is 15.0. The summed E-state index contributed by atoms with van der Waals surface area (Å²) in [7, 11) is 0. The first-order chi connectivity index (χ1) is 11.7. The molecule has 2 nitrogen and oxygen atoms in total. The van der Waals surface area contributed by atoms with E-state index in [0.29, 0.717) is 12.0 Å². The number of fused-ring (bicyclic) bond motifs is 1. The normalized spacial score (nSPS) is 28.9. The van der Waals surface area contributed by atoms with Crippen LogP contribution in [0.2, 0.25) is 5.02 Å². The summed E-state index contributed by atoms with van der Waals surface area (Å²) in [5.74, 6) is 2.31. The Morgan fingerprint density at radius 1 is 1.08 bits per heavy atom. The molecule has 2 aliphatic rings.